The van der Waals surface area contributed by atoms with Crippen molar-refractivity contribution in [1.82, 2.24) is 0 Å². The average Bonchev–Trinajstić information content (AvgIpc) is 2.41. The number of halogens is 2. The fourth-order valence-corrected chi connectivity index (χ4v) is 2.95. The van der Waals surface area contributed by atoms with Gasteiger partial charge < -0.3 is 0 Å². The largest absolute Gasteiger partial charge is 0.293 e. The molecule has 98 valence electrons. The Morgan fingerprint density at radius 1 is 1.11 bits per heavy atom. The Morgan fingerprint density at radius 2 is 1.68 bits per heavy atom. The molecule has 19 heavy (non-hydrogen) atoms. The summed E-state index contributed by atoms with van der Waals surface area (Å²) in [5.74, 6) is 0.115. The van der Waals surface area contributed by atoms with Crippen molar-refractivity contribution >= 4 is 45.1 Å². The normalized spacial score (nSPS) is 12.2. The zero-order valence-electron chi connectivity index (χ0n) is 10.3. The van der Waals surface area contributed by atoms with Crippen LogP contribution in [0.1, 0.15) is 17.3 Å². The molecule has 0 saturated carbocycles. The van der Waals surface area contributed by atoms with Crippen LogP contribution in [0.25, 0.3) is 0 Å². The minimum absolute atomic E-state index is 0.115. The topological polar surface area (TPSA) is 17.1 Å². The van der Waals surface area contributed by atoms with Crippen molar-refractivity contribution in [1.29, 1.82) is 0 Å². The molecule has 2 rings (SSSR count). The van der Waals surface area contributed by atoms with Crippen LogP contribution in [0, 0.1) is 0 Å². The van der Waals surface area contributed by atoms with E-state index in [1.165, 1.54) is 0 Å². The van der Waals surface area contributed by atoms with Gasteiger partial charge in [-0.25, -0.2) is 0 Å². The Hall–Kier alpha value is -0.770. The molecule has 0 N–H and O–H groups in total. The van der Waals surface area contributed by atoms with E-state index < -0.39 is 0 Å². The van der Waals surface area contributed by atoms with Crippen molar-refractivity contribution in [2.75, 3.05) is 0 Å². The average molecular weight is 356 g/mol. The van der Waals surface area contributed by atoms with Crippen LogP contribution in [0.4, 0.5) is 0 Å². The molecule has 0 heterocycles. The van der Waals surface area contributed by atoms with Gasteiger partial charge in [-0.3, -0.25) is 4.79 Å². The first-order chi connectivity index (χ1) is 9.06. The highest BCUT2D eigenvalue weighted by molar-refractivity contribution is 9.10. The van der Waals surface area contributed by atoms with Gasteiger partial charge >= 0.3 is 0 Å². The van der Waals surface area contributed by atoms with Gasteiger partial charge in [0.15, 0.2) is 5.78 Å². The Balaban J connectivity index is 2.07. The highest BCUT2D eigenvalue weighted by Crippen LogP contribution is 2.27. The minimum Gasteiger partial charge on any atom is -0.293 e. The lowest BCUT2D eigenvalue weighted by atomic mass is 10.1. The molecule has 0 aliphatic rings. The Bertz CT molecular complexity index is 566. The first-order valence-corrected chi connectivity index (χ1v) is 7.83. The van der Waals surface area contributed by atoms with Crippen LogP contribution in [0.2, 0.25) is 5.02 Å². The van der Waals surface area contributed by atoms with E-state index in [1.54, 1.807) is 36.0 Å². The van der Waals surface area contributed by atoms with Crippen LogP contribution < -0.4 is 0 Å². The van der Waals surface area contributed by atoms with E-state index in [0.717, 1.165) is 9.37 Å². The van der Waals surface area contributed by atoms with E-state index in [9.17, 15) is 4.79 Å². The summed E-state index contributed by atoms with van der Waals surface area (Å²) < 4.78 is 1.04. The van der Waals surface area contributed by atoms with Crippen molar-refractivity contribution in [3.8, 4) is 0 Å². The summed E-state index contributed by atoms with van der Waals surface area (Å²) in [5, 5.41) is 0.520. The molecule has 0 fully saturated rings. The Labute approximate surface area is 130 Å². The van der Waals surface area contributed by atoms with E-state index >= 15 is 0 Å². The second-order valence-corrected chi connectivity index (χ2v) is 6.85. The molecule has 0 spiro atoms. The number of carbonyl (C=O) groups is 1. The van der Waals surface area contributed by atoms with Crippen molar-refractivity contribution in [3.63, 3.8) is 0 Å². The first-order valence-electron chi connectivity index (χ1n) is 5.78. The lowest BCUT2D eigenvalue weighted by Gasteiger charge is -2.10. The van der Waals surface area contributed by atoms with Crippen LogP contribution in [0.15, 0.2) is 57.9 Å². The number of Topliss-reactive ketones (excluding diaryl/α,β-unsaturated/α-hetero) is 1. The number of hydrogen-bond donors (Lipinski definition) is 0. The Kier molecular flexibility index (Phi) is 5.08. The predicted molar refractivity (Wildman–Crippen MR) is 85.2 cm³/mol. The van der Waals surface area contributed by atoms with Crippen molar-refractivity contribution < 1.29 is 4.79 Å². The highest BCUT2D eigenvalue weighted by Gasteiger charge is 2.16. The van der Waals surface area contributed by atoms with Gasteiger partial charge in [-0.05, 0) is 55.5 Å². The van der Waals surface area contributed by atoms with E-state index in [1.807, 2.05) is 31.2 Å². The molecule has 0 amide bonds. The molecule has 1 atom stereocenters. The molecule has 0 saturated heterocycles. The van der Waals surface area contributed by atoms with Gasteiger partial charge in [-0.1, -0.05) is 27.5 Å². The SMILES string of the molecule is C[C@H](Sc1ccc(Br)cc1)C(=O)c1ccc(Cl)cc1. The number of thioether (sulfide) groups is 1. The molecule has 0 unspecified atom stereocenters. The van der Waals surface area contributed by atoms with Gasteiger partial charge in [-0.15, -0.1) is 11.8 Å². The molecule has 0 aromatic heterocycles. The zero-order valence-corrected chi connectivity index (χ0v) is 13.4. The second kappa shape index (κ2) is 6.60. The van der Waals surface area contributed by atoms with E-state index in [0.29, 0.717) is 10.6 Å². The third kappa shape index (κ3) is 4.10. The van der Waals surface area contributed by atoms with E-state index in [4.69, 9.17) is 11.6 Å². The molecule has 0 aliphatic carbocycles. The van der Waals surface area contributed by atoms with Crippen LogP contribution in [0.5, 0.6) is 0 Å². The molecule has 4 heteroatoms. The first kappa shape index (κ1) is 14.6. The lowest BCUT2D eigenvalue weighted by molar-refractivity contribution is 0.0994. The number of benzene rings is 2. The fourth-order valence-electron chi connectivity index (χ4n) is 1.62. The van der Waals surface area contributed by atoms with Crippen LogP contribution in [0.3, 0.4) is 0 Å². The van der Waals surface area contributed by atoms with E-state index in [-0.39, 0.29) is 11.0 Å². The van der Waals surface area contributed by atoms with Crippen molar-refractivity contribution in [3.05, 3.63) is 63.6 Å². The number of carbonyl (C=O) groups excluding carboxylic acids is 1. The van der Waals surface area contributed by atoms with Gasteiger partial charge in [0, 0.05) is 20.0 Å². The van der Waals surface area contributed by atoms with Gasteiger partial charge in [0.05, 0.1) is 5.25 Å². The third-order valence-corrected chi connectivity index (χ3v) is 4.52. The summed E-state index contributed by atoms with van der Waals surface area (Å²) in [5.41, 5.74) is 0.696. The molecule has 0 radical (unpaired) electrons. The van der Waals surface area contributed by atoms with Crippen LogP contribution in [-0.2, 0) is 0 Å². The standard InChI is InChI=1S/C15H12BrClOS/c1-10(19-14-8-4-12(16)5-9-14)15(18)11-2-6-13(17)7-3-11/h2-10H,1H3/t10-/m0/s1. The minimum atomic E-state index is -0.123. The van der Waals surface area contributed by atoms with Crippen molar-refractivity contribution in [2.24, 2.45) is 0 Å². The van der Waals surface area contributed by atoms with Gasteiger partial charge in [0.25, 0.3) is 0 Å². The zero-order chi connectivity index (χ0) is 13.8. The summed E-state index contributed by atoms with van der Waals surface area (Å²) in [4.78, 5) is 13.3. The lowest BCUT2D eigenvalue weighted by Crippen LogP contribution is -2.13. The number of rotatable bonds is 4. The van der Waals surface area contributed by atoms with Crippen LogP contribution >= 0.6 is 39.3 Å². The van der Waals surface area contributed by atoms with Crippen molar-refractivity contribution in [2.45, 2.75) is 17.1 Å². The molecule has 0 bridgehead atoms. The number of ketones is 1. The molecule has 2 aromatic carbocycles. The highest BCUT2D eigenvalue weighted by atomic mass is 79.9. The Morgan fingerprint density at radius 3 is 2.26 bits per heavy atom. The maximum Gasteiger partial charge on any atom is 0.175 e. The summed E-state index contributed by atoms with van der Waals surface area (Å²) >= 11 is 10.8. The maximum absolute atomic E-state index is 12.3. The fraction of sp³-hybridized carbons (Fsp3) is 0.133. The third-order valence-electron chi connectivity index (χ3n) is 2.62. The van der Waals surface area contributed by atoms with E-state index in [2.05, 4.69) is 15.9 Å². The van der Waals surface area contributed by atoms with Gasteiger partial charge in [0.2, 0.25) is 0 Å². The second-order valence-electron chi connectivity index (χ2n) is 4.09. The maximum atomic E-state index is 12.3. The molecule has 1 nitrogen and oxygen atoms in total. The predicted octanol–water partition coefficient (Wildman–Crippen LogP) is 5.47. The molecule has 0 aliphatic heterocycles. The summed E-state index contributed by atoms with van der Waals surface area (Å²) in [7, 11) is 0. The quantitative estimate of drug-likeness (QED) is 0.534. The smallest absolute Gasteiger partial charge is 0.175 e. The number of hydrogen-bond acceptors (Lipinski definition) is 2. The summed E-state index contributed by atoms with van der Waals surface area (Å²) in [6.45, 7) is 1.92. The van der Waals surface area contributed by atoms with Gasteiger partial charge in [0.1, 0.15) is 0 Å². The van der Waals surface area contributed by atoms with Gasteiger partial charge in [-0.2, -0.15) is 0 Å². The van der Waals surface area contributed by atoms with Crippen LogP contribution in [-0.4, -0.2) is 11.0 Å². The molecule has 2 aromatic rings. The monoisotopic (exact) mass is 354 g/mol. The summed E-state index contributed by atoms with van der Waals surface area (Å²) in [6, 6.07) is 15.0. The molecular formula is C15H12BrClOS. The summed E-state index contributed by atoms with van der Waals surface area (Å²) in [6.07, 6.45) is 0. The molecular weight excluding hydrogens is 344 g/mol.